The molecule has 1 atom stereocenters. The van der Waals surface area contributed by atoms with Crippen molar-refractivity contribution in [1.29, 1.82) is 0 Å². The molecule has 1 aromatic carbocycles. The largest absolute Gasteiger partial charge is 0.379 e. The Morgan fingerprint density at radius 3 is 2.72 bits per heavy atom. The molecule has 1 N–H and O–H groups in total. The first-order valence-electron chi connectivity index (χ1n) is 8.74. The Hall–Kier alpha value is -2.24. The van der Waals surface area contributed by atoms with Gasteiger partial charge in [0.1, 0.15) is 0 Å². The van der Waals surface area contributed by atoms with Gasteiger partial charge in [-0.2, -0.15) is 0 Å². The van der Waals surface area contributed by atoms with E-state index in [1.807, 2.05) is 50.2 Å². The minimum atomic E-state index is -0.0320. The molecule has 3 rings (SSSR count). The van der Waals surface area contributed by atoms with Crippen LogP contribution < -0.4 is 5.32 Å². The van der Waals surface area contributed by atoms with Crippen LogP contribution in [0.1, 0.15) is 33.2 Å². The lowest BCUT2D eigenvalue weighted by atomic mass is 10.0. The van der Waals surface area contributed by atoms with Crippen LogP contribution in [0.5, 0.6) is 0 Å². The van der Waals surface area contributed by atoms with Crippen molar-refractivity contribution < 1.29 is 9.53 Å². The molecular weight excluding hydrogens is 314 g/mol. The minimum absolute atomic E-state index is 0.0320. The zero-order chi connectivity index (χ0) is 17.6. The van der Waals surface area contributed by atoms with Crippen LogP contribution in [0.25, 0.3) is 0 Å². The van der Waals surface area contributed by atoms with Gasteiger partial charge in [-0.1, -0.05) is 18.2 Å². The van der Waals surface area contributed by atoms with Crippen molar-refractivity contribution in [2.45, 2.75) is 19.9 Å². The summed E-state index contributed by atoms with van der Waals surface area (Å²) in [6.45, 7) is 7.67. The topological polar surface area (TPSA) is 54.5 Å². The second kappa shape index (κ2) is 8.23. The number of amides is 1. The molecule has 25 heavy (non-hydrogen) atoms. The van der Waals surface area contributed by atoms with Crippen LogP contribution >= 0.6 is 0 Å². The van der Waals surface area contributed by atoms with E-state index in [0.29, 0.717) is 19.8 Å². The van der Waals surface area contributed by atoms with Crippen molar-refractivity contribution in [3.63, 3.8) is 0 Å². The summed E-state index contributed by atoms with van der Waals surface area (Å²) in [6.07, 6.45) is 1.80. The third-order valence-electron chi connectivity index (χ3n) is 4.82. The number of carbonyl (C=O) groups excluding carboxylic acids is 1. The van der Waals surface area contributed by atoms with Crippen LogP contribution in [0.3, 0.4) is 0 Å². The molecule has 1 aliphatic heterocycles. The quantitative estimate of drug-likeness (QED) is 0.909. The molecule has 1 amide bonds. The fraction of sp³-hybridized carbons (Fsp3) is 0.400. The Morgan fingerprint density at radius 2 is 2.00 bits per heavy atom. The van der Waals surface area contributed by atoms with Gasteiger partial charge in [-0.15, -0.1) is 0 Å². The molecule has 2 aromatic rings. The van der Waals surface area contributed by atoms with Crippen molar-refractivity contribution >= 4 is 5.91 Å². The smallest absolute Gasteiger partial charge is 0.251 e. The summed E-state index contributed by atoms with van der Waals surface area (Å²) in [5.41, 5.74) is 3.87. The molecular formula is C20H25N3O2. The van der Waals surface area contributed by atoms with Crippen LogP contribution in [0, 0.1) is 13.8 Å². The van der Waals surface area contributed by atoms with Gasteiger partial charge in [0, 0.05) is 31.4 Å². The van der Waals surface area contributed by atoms with Gasteiger partial charge in [0.25, 0.3) is 5.91 Å². The van der Waals surface area contributed by atoms with E-state index < -0.39 is 0 Å². The van der Waals surface area contributed by atoms with Crippen molar-refractivity contribution in [1.82, 2.24) is 15.2 Å². The van der Waals surface area contributed by atoms with Gasteiger partial charge >= 0.3 is 0 Å². The first-order valence-corrected chi connectivity index (χ1v) is 8.74. The standard InChI is InChI=1S/C20H25N3O2/c1-15-6-5-7-17(16(15)2)20(24)22-14-19(18-8-3-4-9-21-18)23-10-12-25-13-11-23/h3-9,19H,10-14H2,1-2H3,(H,22,24). The molecule has 0 spiro atoms. The van der Waals surface area contributed by atoms with Gasteiger partial charge in [0.15, 0.2) is 0 Å². The highest BCUT2D eigenvalue weighted by molar-refractivity contribution is 5.95. The van der Waals surface area contributed by atoms with Gasteiger partial charge < -0.3 is 10.1 Å². The number of morpholine rings is 1. The lowest BCUT2D eigenvalue weighted by molar-refractivity contribution is 0.0154. The third kappa shape index (κ3) is 4.24. The van der Waals surface area contributed by atoms with E-state index in [9.17, 15) is 4.79 Å². The van der Waals surface area contributed by atoms with Crippen LogP contribution in [0.15, 0.2) is 42.6 Å². The average Bonchev–Trinajstić information content (AvgIpc) is 2.66. The monoisotopic (exact) mass is 339 g/mol. The molecule has 0 bridgehead atoms. The fourth-order valence-electron chi connectivity index (χ4n) is 3.16. The van der Waals surface area contributed by atoms with E-state index in [2.05, 4.69) is 15.2 Å². The number of nitrogens with one attached hydrogen (secondary N) is 1. The van der Waals surface area contributed by atoms with E-state index >= 15 is 0 Å². The van der Waals surface area contributed by atoms with E-state index in [1.54, 1.807) is 6.20 Å². The van der Waals surface area contributed by atoms with Crippen molar-refractivity contribution in [3.8, 4) is 0 Å². The number of ether oxygens (including phenoxy) is 1. The van der Waals surface area contributed by atoms with Gasteiger partial charge in [0.2, 0.25) is 0 Å². The number of benzene rings is 1. The van der Waals surface area contributed by atoms with E-state index in [1.165, 1.54) is 0 Å². The number of aryl methyl sites for hydroxylation is 1. The summed E-state index contributed by atoms with van der Waals surface area (Å²) in [4.78, 5) is 19.5. The average molecular weight is 339 g/mol. The second-order valence-corrected chi connectivity index (χ2v) is 6.38. The van der Waals surface area contributed by atoms with Gasteiger partial charge in [0.05, 0.1) is 24.9 Å². The lowest BCUT2D eigenvalue weighted by Gasteiger charge is -2.34. The zero-order valence-electron chi connectivity index (χ0n) is 14.9. The minimum Gasteiger partial charge on any atom is -0.379 e. The van der Waals surface area contributed by atoms with Crippen molar-refractivity contribution in [2.24, 2.45) is 0 Å². The van der Waals surface area contributed by atoms with E-state index in [0.717, 1.165) is 35.5 Å². The Balaban J connectivity index is 1.74. The molecule has 5 heteroatoms. The number of pyridine rings is 1. The first-order chi connectivity index (χ1) is 12.2. The summed E-state index contributed by atoms with van der Waals surface area (Å²) in [5.74, 6) is -0.0320. The number of hydrogen-bond acceptors (Lipinski definition) is 4. The zero-order valence-corrected chi connectivity index (χ0v) is 14.9. The van der Waals surface area contributed by atoms with Gasteiger partial charge in [-0.05, 0) is 43.2 Å². The Morgan fingerprint density at radius 1 is 1.20 bits per heavy atom. The number of hydrogen-bond donors (Lipinski definition) is 1. The molecule has 1 saturated heterocycles. The third-order valence-corrected chi connectivity index (χ3v) is 4.82. The Bertz CT molecular complexity index is 712. The number of carbonyl (C=O) groups is 1. The molecule has 132 valence electrons. The second-order valence-electron chi connectivity index (χ2n) is 6.38. The summed E-state index contributed by atoms with van der Waals surface area (Å²) < 4.78 is 5.46. The SMILES string of the molecule is Cc1cccc(C(=O)NCC(c2ccccn2)N2CCOCC2)c1C. The highest BCUT2D eigenvalue weighted by Crippen LogP contribution is 2.20. The van der Waals surface area contributed by atoms with Crippen LogP contribution in [-0.2, 0) is 4.74 Å². The highest BCUT2D eigenvalue weighted by atomic mass is 16.5. The number of rotatable bonds is 5. The number of aromatic nitrogens is 1. The van der Waals surface area contributed by atoms with Crippen molar-refractivity contribution in [3.05, 3.63) is 65.0 Å². The predicted octanol–water partition coefficient (Wildman–Crippen LogP) is 2.50. The fourth-order valence-corrected chi connectivity index (χ4v) is 3.16. The Labute approximate surface area is 149 Å². The lowest BCUT2D eigenvalue weighted by Crippen LogP contribution is -2.44. The van der Waals surface area contributed by atoms with Gasteiger partial charge in [-0.3, -0.25) is 14.7 Å². The van der Waals surface area contributed by atoms with E-state index in [4.69, 9.17) is 4.74 Å². The molecule has 5 nitrogen and oxygen atoms in total. The van der Waals surface area contributed by atoms with Crippen molar-refractivity contribution in [2.75, 3.05) is 32.8 Å². The molecule has 1 aliphatic rings. The van der Waals surface area contributed by atoms with E-state index in [-0.39, 0.29) is 11.9 Å². The molecule has 1 aromatic heterocycles. The van der Waals surface area contributed by atoms with Gasteiger partial charge in [-0.25, -0.2) is 0 Å². The summed E-state index contributed by atoms with van der Waals surface area (Å²) in [5, 5.41) is 3.10. The molecule has 2 heterocycles. The predicted molar refractivity (Wildman–Crippen MR) is 97.6 cm³/mol. The maximum atomic E-state index is 12.7. The molecule has 1 fully saturated rings. The van der Waals surface area contributed by atoms with Crippen LogP contribution in [0.4, 0.5) is 0 Å². The first kappa shape index (κ1) is 17.6. The number of nitrogens with zero attached hydrogens (tertiary/aromatic N) is 2. The van der Waals surface area contributed by atoms with Crippen LogP contribution in [-0.4, -0.2) is 48.6 Å². The summed E-state index contributed by atoms with van der Waals surface area (Å²) in [6, 6.07) is 11.8. The molecule has 0 radical (unpaired) electrons. The van der Waals surface area contributed by atoms with Crippen LogP contribution in [0.2, 0.25) is 0 Å². The highest BCUT2D eigenvalue weighted by Gasteiger charge is 2.24. The summed E-state index contributed by atoms with van der Waals surface area (Å²) >= 11 is 0. The Kier molecular flexibility index (Phi) is 5.79. The molecule has 0 aliphatic carbocycles. The normalized spacial score (nSPS) is 16.4. The maximum Gasteiger partial charge on any atom is 0.251 e. The molecule has 1 unspecified atom stereocenters. The summed E-state index contributed by atoms with van der Waals surface area (Å²) in [7, 11) is 0. The molecule has 0 saturated carbocycles. The maximum absolute atomic E-state index is 12.7.